The molecule has 2 N–H and O–H groups in total. The smallest absolute Gasteiger partial charge is 0.247 e. The van der Waals surface area contributed by atoms with Gasteiger partial charge in [-0.05, 0) is 26.7 Å². The first kappa shape index (κ1) is 16.2. The second kappa shape index (κ2) is 5.53. The highest BCUT2D eigenvalue weighted by Gasteiger charge is 2.51. The molecule has 6 nitrogen and oxygen atoms in total. The highest BCUT2D eigenvalue weighted by molar-refractivity contribution is 7.80. The van der Waals surface area contributed by atoms with Crippen LogP contribution < -0.4 is 5.73 Å². The van der Waals surface area contributed by atoms with Crippen molar-refractivity contribution in [1.82, 2.24) is 9.80 Å². The second-order valence-corrected chi connectivity index (χ2v) is 6.74. The molecule has 0 aromatic rings. The third-order valence-corrected chi connectivity index (χ3v) is 5.07. The molecule has 21 heavy (non-hydrogen) atoms. The molecular weight excluding hydrogens is 290 g/mol. The van der Waals surface area contributed by atoms with E-state index in [-0.39, 0.29) is 16.8 Å². The van der Waals surface area contributed by atoms with Gasteiger partial charge in [0.2, 0.25) is 11.8 Å². The Kier molecular flexibility index (Phi) is 4.26. The van der Waals surface area contributed by atoms with Gasteiger partial charge in [-0.15, -0.1) is 0 Å². The van der Waals surface area contributed by atoms with Crippen LogP contribution in [0.3, 0.4) is 0 Å². The quantitative estimate of drug-likeness (QED) is 0.734. The number of hydrogen-bond acceptors (Lipinski definition) is 4. The fraction of sp³-hybridized carbons (Fsp3) is 0.786. The first-order valence-corrected chi connectivity index (χ1v) is 7.59. The number of thiocarbonyl (C=S) groups is 1. The molecule has 2 aliphatic rings. The van der Waals surface area contributed by atoms with E-state index in [2.05, 4.69) is 0 Å². The van der Waals surface area contributed by atoms with Crippen LogP contribution in [-0.4, -0.2) is 65.5 Å². The van der Waals surface area contributed by atoms with Crippen molar-refractivity contribution in [2.45, 2.75) is 32.2 Å². The van der Waals surface area contributed by atoms with Crippen molar-refractivity contribution >= 4 is 29.0 Å². The molecule has 0 aliphatic carbocycles. The standard InChI is InChI=1S/C14H23N3O3S/c1-13(2)11(18)16(3)6-7-17(13)12(19)14(10(15)21)4-8-20-9-5-14/h4-9H2,1-3H3,(H2,15,21). The lowest BCUT2D eigenvalue weighted by molar-refractivity contribution is -0.163. The summed E-state index contributed by atoms with van der Waals surface area (Å²) in [6, 6.07) is 0. The van der Waals surface area contributed by atoms with E-state index in [0.717, 1.165) is 0 Å². The van der Waals surface area contributed by atoms with Crippen LogP contribution in [0.15, 0.2) is 0 Å². The van der Waals surface area contributed by atoms with Gasteiger partial charge in [0.05, 0.1) is 4.99 Å². The maximum Gasteiger partial charge on any atom is 0.247 e. The van der Waals surface area contributed by atoms with Crippen LogP contribution in [0.5, 0.6) is 0 Å². The van der Waals surface area contributed by atoms with Crippen LogP contribution in [0, 0.1) is 5.41 Å². The van der Waals surface area contributed by atoms with Crippen LogP contribution >= 0.6 is 12.2 Å². The highest BCUT2D eigenvalue weighted by Crippen LogP contribution is 2.36. The molecule has 2 fully saturated rings. The summed E-state index contributed by atoms with van der Waals surface area (Å²) >= 11 is 5.18. The van der Waals surface area contributed by atoms with Gasteiger partial charge in [-0.25, -0.2) is 0 Å². The Morgan fingerprint density at radius 2 is 1.86 bits per heavy atom. The van der Waals surface area contributed by atoms with Crippen molar-refractivity contribution in [2.24, 2.45) is 11.1 Å². The zero-order chi connectivity index (χ0) is 15.8. The summed E-state index contributed by atoms with van der Waals surface area (Å²) in [5.74, 6) is -0.197. The number of nitrogens with zero attached hydrogens (tertiary/aromatic N) is 2. The molecular formula is C14H23N3O3S. The van der Waals surface area contributed by atoms with Crippen molar-refractivity contribution in [2.75, 3.05) is 33.4 Å². The molecule has 0 radical (unpaired) electrons. The summed E-state index contributed by atoms with van der Waals surface area (Å²) in [4.78, 5) is 29.0. The molecule has 2 saturated heterocycles. The zero-order valence-corrected chi connectivity index (χ0v) is 13.7. The van der Waals surface area contributed by atoms with E-state index in [1.807, 2.05) is 0 Å². The van der Waals surface area contributed by atoms with Gasteiger partial charge in [0.15, 0.2) is 0 Å². The Hall–Kier alpha value is -1.21. The second-order valence-electron chi connectivity index (χ2n) is 6.30. The summed E-state index contributed by atoms with van der Waals surface area (Å²) in [5, 5.41) is 0. The Bertz CT molecular complexity index is 472. The highest BCUT2D eigenvalue weighted by atomic mass is 32.1. The molecule has 0 aromatic carbocycles. The Morgan fingerprint density at radius 3 is 2.38 bits per heavy atom. The van der Waals surface area contributed by atoms with E-state index in [1.165, 1.54) is 0 Å². The number of amides is 2. The summed E-state index contributed by atoms with van der Waals surface area (Å²) in [5.41, 5.74) is 4.14. The van der Waals surface area contributed by atoms with Crippen molar-refractivity contribution in [3.8, 4) is 0 Å². The van der Waals surface area contributed by atoms with Gasteiger partial charge >= 0.3 is 0 Å². The fourth-order valence-corrected chi connectivity index (χ4v) is 3.40. The zero-order valence-electron chi connectivity index (χ0n) is 12.8. The van der Waals surface area contributed by atoms with Gasteiger partial charge in [-0.3, -0.25) is 9.59 Å². The number of likely N-dealkylation sites (N-methyl/N-ethyl adjacent to an activating group) is 1. The van der Waals surface area contributed by atoms with Crippen LogP contribution in [0.25, 0.3) is 0 Å². The first-order chi connectivity index (χ1) is 9.73. The summed E-state index contributed by atoms with van der Waals surface area (Å²) in [6.45, 7) is 5.50. The topological polar surface area (TPSA) is 75.9 Å². The van der Waals surface area contributed by atoms with E-state index in [9.17, 15) is 9.59 Å². The summed E-state index contributed by atoms with van der Waals surface area (Å²) in [6.07, 6.45) is 0.968. The van der Waals surface area contributed by atoms with Crippen LogP contribution in [-0.2, 0) is 14.3 Å². The van der Waals surface area contributed by atoms with Crippen LogP contribution in [0.1, 0.15) is 26.7 Å². The number of hydrogen-bond donors (Lipinski definition) is 1. The number of ether oxygens (including phenoxy) is 1. The molecule has 2 amide bonds. The van der Waals surface area contributed by atoms with Gasteiger partial charge in [0.1, 0.15) is 11.0 Å². The lowest BCUT2D eigenvalue weighted by Crippen LogP contribution is -2.67. The first-order valence-electron chi connectivity index (χ1n) is 7.19. The lowest BCUT2D eigenvalue weighted by atomic mass is 9.77. The fourth-order valence-electron chi connectivity index (χ4n) is 3.11. The molecule has 0 atom stereocenters. The average Bonchev–Trinajstić information content (AvgIpc) is 2.45. The number of nitrogens with two attached hydrogens (primary N) is 1. The molecule has 0 unspecified atom stereocenters. The molecule has 2 heterocycles. The van der Waals surface area contributed by atoms with E-state index >= 15 is 0 Å². The molecule has 2 aliphatic heterocycles. The predicted octanol–water partition coefficient (Wildman–Crippen LogP) is 0.149. The number of rotatable bonds is 2. The van der Waals surface area contributed by atoms with Crippen molar-refractivity contribution in [3.63, 3.8) is 0 Å². The molecule has 0 aromatic heterocycles. The van der Waals surface area contributed by atoms with E-state index in [0.29, 0.717) is 39.1 Å². The molecule has 7 heteroatoms. The van der Waals surface area contributed by atoms with E-state index in [4.69, 9.17) is 22.7 Å². The van der Waals surface area contributed by atoms with E-state index < -0.39 is 11.0 Å². The normalized spacial score (nSPS) is 24.8. The van der Waals surface area contributed by atoms with Gasteiger partial charge in [0.25, 0.3) is 0 Å². The number of carbonyl (C=O) groups is 2. The molecule has 0 bridgehead atoms. The van der Waals surface area contributed by atoms with Crippen LogP contribution in [0.2, 0.25) is 0 Å². The molecule has 0 spiro atoms. The van der Waals surface area contributed by atoms with Crippen LogP contribution in [0.4, 0.5) is 0 Å². The molecule has 2 rings (SSSR count). The third-order valence-electron chi connectivity index (χ3n) is 4.68. The maximum atomic E-state index is 13.1. The van der Waals surface area contributed by atoms with Crippen molar-refractivity contribution in [1.29, 1.82) is 0 Å². The SMILES string of the molecule is CN1CCN(C(=O)C2(C(N)=S)CCOCC2)C(C)(C)C1=O. The van der Waals surface area contributed by atoms with Gasteiger partial charge < -0.3 is 20.3 Å². The Morgan fingerprint density at radius 1 is 1.29 bits per heavy atom. The average molecular weight is 313 g/mol. The minimum atomic E-state index is -0.875. The van der Waals surface area contributed by atoms with Crippen molar-refractivity contribution in [3.05, 3.63) is 0 Å². The van der Waals surface area contributed by atoms with Crippen molar-refractivity contribution < 1.29 is 14.3 Å². The number of piperazine rings is 1. The van der Waals surface area contributed by atoms with E-state index in [1.54, 1.807) is 30.7 Å². The summed E-state index contributed by atoms with van der Waals surface area (Å²) in [7, 11) is 1.75. The summed E-state index contributed by atoms with van der Waals surface area (Å²) < 4.78 is 5.34. The largest absolute Gasteiger partial charge is 0.392 e. The monoisotopic (exact) mass is 313 g/mol. The minimum absolute atomic E-state index is 0.0627. The van der Waals surface area contributed by atoms with Gasteiger partial charge in [-0.2, -0.15) is 0 Å². The minimum Gasteiger partial charge on any atom is -0.392 e. The molecule has 0 saturated carbocycles. The Labute approximate surface area is 130 Å². The predicted molar refractivity (Wildman–Crippen MR) is 82.7 cm³/mol. The Balaban J connectivity index is 2.33. The molecule has 118 valence electrons. The third kappa shape index (κ3) is 2.53. The van der Waals surface area contributed by atoms with Gasteiger partial charge in [-0.1, -0.05) is 12.2 Å². The lowest BCUT2D eigenvalue weighted by Gasteiger charge is -2.49. The van der Waals surface area contributed by atoms with Gasteiger partial charge in [0, 0.05) is 33.4 Å². The number of carbonyl (C=O) groups excluding carboxylic acids is 2. The maximum absolute atomic E-state index is 13.1.